The molecule has 0 saturated carbocycles. The van der Waals surface area contributed by atoms with E-state index in [0.717, 1.165) is 6.42 Å². The number of aliphatic hydroxyl groups excluding tert-OH is 2. The molecule has 0 aliphatic carbocycles. The monoisotopic (exact) mass is 148 g/mol. The summed E-state index contributed by atoms with van der Waals surface area (Å²) in [6, 6.07) is 0. The van der Waals surface area contributed by atoms with Crippen molar-refractivity contribution >= 4 is 0 Å². The smallest absolute Gasteiger partial charge is 0.111 e. The molecule has 0 rings (SSSR count). The van der Waals surface area contributed by atoms with Crippen molar-refractivity contribution in [2.24, 2.45) is 0 Å². The molecule has 0 aromatic rings. The maximum absolute atomic E-state index is 8.73. The zero-order valence-electron chi connectivity index (χ0n) is 6.63. The van der Waals surface area contributed by atoms with E-state index in [1.807, 2.05) is 6.92 Å². The molecule has 0 heterocycles. The van der Waals surface area contributed by atoms with Gasteiger partial charge in [-0.2, -0.15) is 0 Å². The molecule has 0 amide bonds. The molecule has 0 saturated heterocycles. The minimum Gasteiger partial charge on any atom is -0.393 e. The Labute approximate surface area is 61.6 Å². The van der Waals surface area contributed by atoms with Gasteiger partial charge in [-0.15, -0.1) is 0 Å². The van der Waals surface area contributed by atoms with Crippen LogP contribution in [0.2, 0.25) is 0 Å². The van der Waals surface area contributed by atoms with Crippen molar-refractivity contribution < 1.29 is 14.9 Å². The van der Waals surface area contributed by atoms with E-state index in [4.69, 9.17) is 14.9 Å². The summed E-state index contributed by atoms with van der Waals surface area (Å²) >= 11 is 0. The van der Waals surface area contributed by atoms with Gasteiger partial charge in [0.1, 0.15) is 5.60 Å². The van der Waals surface area contributed by atoms with Gasteiger partial charge < -0.3 is 14.9 Å². The molecule has 3 heteroatoms. The SMILES string of the molecule is CCCOC(C)(CO)CO. The van der Waals surface area contributed by atoms with Crippen LogP contribution in [-0.2, 0) is 4.74 Å². The first-order valence-electron chi connectivity index (χ1n) is 3.54. The number of hydrogen-bond acceptors (Lipinski definition) is 3. The highest BCUT2D eigenvalue weighted by Crippen LogP contribution is 2.07. The summed E-state index contributed by atoms with van der Waals surface area (Å²) in [5.74, 6) is 0. The van der Waals surface area contributed by atoms with Gasteiger partial charge in [0.15, 0.2) is 0 Å². The summed E-state index contributed by atoms with van der Waals surface area (Å²) < 4.78 is 5.18. The summed E-state index contributed by atoms with van der Waals surface area (Å²) in [6.07, 6.45) is 0.898. The van der Waals surface area contributed by atoms with Crippen molar-refractivity contribution in [3.05, 3.63) is 0 Å². The highest BCUT2D eigenvalue weighted by molar-refractivity contribution is 4.71. The molecule has 10 heavy (non-hydrogen) atoms. The zero-order chi connectivity index (χ0) is 8.04. The quantitative estimate of drug-likeness (QED) is 0.583. The number of rotatable bonds is 5. The Morgan fingerprint density at radius 3 is 2.10 bits per heavy atom. The molecule has 3 nitrogen and oxygen atoms in total. The van der Waals surface area contributed by atoms with Crippen LogP contribution in [0, 0.1) is 0 Å². The van der Waals surface area contributed by atoms with Crippen LogP contribution in [0.3, 0.4) is 0 Å². The Bertz CT molecular complexity index is 78.9. The first kappa shape index (κ1) is 9.88. The van der Waals surface area contributed by atoms with Crippen molar-refractivity contribution in [1.82, 2.24) is 0 Å². The van der Waals surface area contributed by atoms with Gasteiger partial charge in [-0.3, -0.25) is 0 Å². The van der Waals surface area contributed by atoms with E-state index in [9.17, 15) is 0 Å². The fourth-order valence-corrected chi connectivity index (χ4v) is 0.490. The molecular weight excluding hydrogens is 132 g/mol. The summed E-state index contributed by atoms with van der Waals surface area (Å²) in [5.41, 5.74) is -0.754. The van der Waals surface area contributed by atoms with Crippen molar-refractivity contribution in [2.45, 2.75) is 25.9 Å². The molecule has 0 aliphatic heterocycles. The van der Waals surface area contributed by atoms with Crippen LogP contribution in [0.15, 0.2) is 0 Å². The number of hydrogen-bond donors (Lipinski definition) is 2. The van der Waals surface area contributed by atoms with E-state index in [0.29, 0.717) is 6.61 Å². The fraction of sp³-hybridized carbons (Fsp3) is 1.00. The summed E-state index contributed by atoms with van der Waals surface area (Å²) in [5, 5.41) is 17.5. The maximum atomic E-state index is 8.73. The third-order valence-electron chi connectivity index (χ3n) is 1.32. The number of ether oxygens (including phenoxy) is 1. The van der Waals surface area contributed by atoms with Crippen LogP contribution in [0.5, 0.6) is 0 Å². The first-order chi connectivity index (χ1) is 4.68. The highest BCUT2D eigenvalue weighted by Gasteiger charge is 2.21. The molecule has 0 radical (unpaired) electrons. The number of aliphatic hydroxyl groups is 2. The Hall–Kier alpha value is -0.120. The zero-order valence-corrected chi connectivity index (χ0v) is 6.63. The lowest BCUT2D eigenvalue weighted by Gasteiger charge is -2.24. The van der Waals surface area contributed by atoms with Crippen LogP contribution in [-0.4, -0.2) is 35.6 Å². The van der Waals surface area contributed by atoms with Gasteiger partial charge in [-0.05, 0) is 13.3 Å². The standard InChI is InChI=1S/C7H16O3/c1-3-4-10-7(2,5-8)6-9/h8-9H,3-6H2,1-2H3. The molecule has 0 aliphatic rings. The van der Waals surface area contributed by atoms with Gasteiger partial charge in [-0.25, -0.2) is 0 Å². The summed E-state index contributed by atoms with van der Waals surface area (Å²) in [6.45, 7) is 3.97. The van der Waals surface area contributed by atoms with Crippen LogP contribution >= 0.6 is 0 Å². The van der Waals surface area contributed by atoms with E-state index in [-0.39, 0.29) is 13.2 Å². The molecule has 0 atom stereocenters. The predicted octanol–water partition coefficient (Wildman–Crippen LogP) is 0.156. The Morgan fingerprint density at radius 2 is 1.80 bits per heavy atom. The van der Waals surface area contributed by atoms with E-state index < -0.39 is 5.60 Å². The van der Waals surface area contributed by atoms with Crippen molar-refractivity contribution in [2.75, 3.05) is 19.8 Å². The Morgan fingerprint density at radius 1 is 1.30 bits per heavy atom. The van der Waals surface area contributed by atoms with E-state index in [1.165, 1.54) is 0 Å². The predicted molar refractivity (Wildman–Crippen MR) is 38.8 cm³/mol. The molecule has 0 bridgehead atoms. The third-order valence-corrected chi connectivity index (χ3v) is 1.32. The van der Waals surface area contributed by atoms with E-state index >= 15 is 0 Å². The van der Waals surface area contributed by atoms with Crippen LogP contribution in [0.4, 0.5) is 0 Å². The van der Waals surface area contributed by atoms with Crippen LogP contribution in [0.25, 0.3) is 0 Å². The van der Waals surface area contributed by atoms with Crippen LogP contribution in [0.1, 0.15) is 20.3 Å². The van der Waals surface area contributed by atoms with Gasteiger partial charge in [0.25, 0.3) is 0 Å². The largest absolute Gasteiger partial charge is 0.393 e. The second-order valence-electron chi connectivity index (χ2n) is 2.61. The maximum Gasteiger partial charge on any atom is 0.111 e. The fourth-order valence-electron chi connectivity index (χ4n) is 0.490. The molecule has 0 unspecified atom stereocenters. The van der Waals surface area contributed by atoms with Crippen molar-refractivity contribution in [3.8, 4) is 0 Å². The van der Waals surface area contributed by atoms with Gasteiger partial charge in [0, 0.05) is 6.61 Å². The Kier molecular flexibility index (Phi) is 4.60. The Balaban J connectivity index is 3.58. The minimum absolute atomic E-state index is 0.135. The lowest BCUT2D eigenvalue weighted by atomic mass is 10.1. The molecule has 0 spiro atoms. The topological polar surface area (TPSA) is 49.7 Å². The second kappa shape index (κ2) is 4.66. The summed E-state index contributed by atoms with van der Waals surface area (Å²) in [4.78, 5) is 0. The minimum atomic E-state index is -0.754. The molecule has 0 aromatic heterocycles. The molecule has 2 N–H and O–H groups in total. The van der Waals surface area contributed by atoms with Gasteiger partial charge in [0.05, 0.1) is 13.2 Å². The van der Waals surface area contributed by atoms with Crippen molar-refractivity contribution in [1.29, 1.82) is 0 Å². The summed E-state index contributed by atoms with van der Waals surface area (Å²) in [7, 11) is 0. The first-order valence-corrected chi connectivity index (χ1v) is 3.54. The normalized spacial score (nSPS) is 12.0. The second-order valence-corrected chi connectivity index (χ2v) is 2.61. The average Bonchev–Trinajstić information content (AvgIpc) is 2.00. The van der Waals surface area contributed by atoms with Gasteiger partial charge >= 0.3 is 0 Å². The van der Waals surface area contributed by atoms with Gasteiger partial charge in [-0.1, -0.05) is 6.92 Å². The van der Waals surface area contributed by atoms with E-state index in [1.54, 1.807) is 6.92 Å². The lowest BCUT2D eigenvalue weighted by molar-refractivity contribution is -0.0955. The van der Waals surface area contributed by atoms with Crippen LogP contribution < -0.4 is 0 Å². The molecule has 62 valence electrons. The van der Waals surface area contributed by atoms with E-state index in [2.05, 4.69) is 0 Å². The average molecular weight is 148 g/mol. The lowest BCUT2D eigenvalue weighted by Crippen LogP contribution is -2.37. The molecular formula is C7H16O3. The highest BCUT2D eigenvalue weighted by atomic mass is 16.5. The molecule has 0 aromatic carbocycles. The molecule has 0 fully saturated rings. The van der Waals surface area contributed by atoms with Crippen molar-refractivity contribution in [3.63, 3.8) is 0 Å². The third kappa shape index (κ3) is 3.15. The van der Waals surface area contributed by atoms with Gasteiger partial charge in [0.2, 0.25) is 0 Å².